The molecule has 0 heterocycles. The fourth-order valence-corrected chi connectivity index (χ4v) is 4.81. The standard InChI is InChI=1S/C20H31N/c1-14(2)20(17-7-5-4-6-8-17)13-21-15(3)19-12-16-9-10-18(19)11-16/h4-8,14-16,18-21H,9-13H2,1-3H3. The molecule has 0 saturated heterocycles. The summed E-state index contributed by atoms with van der Waals surface area (Å²) in [6.45, 7) is 8.24. The van der Waals surface area contributed by atoms with Gasteiger partial charge in [0.1, 0.15) is 0 Å². The topological polar surface area (TPSA) is 12.0 Å². The van der Waals surface area contributed by atoms with Gasteiger partial charge in [0.25, 0.3) is 0 Å². The number of nitrogens with one attached hydrogen (secondary N) is 1. The van der Waals surface area contributed by atoms with E-state index in [1.807, 2.05) is 0 Å². The van der Waals surface area contributed by atoms with E-state index in [9.17, 15) is 0 Å². The van der Waals surface area contributed by atoms with Crippen LogP contribution in [0.3, 0.4) is 0 Å². The Morgan fingerprint density at radius 2 is 1.81 bits per heavy atom. The van der Waals surface area contributed by atoms with Crippen LogP contribution < -0.4 is 5.32 Å². The summed E-state index contributed by atoms with van der Waals surface area (Å²) in [5, 5.41) is 3.89. The lowest BCUT2D eigenvalue weighted by Gasteiger charge is -2.31. The van der Waals surface area contributed by atoms with E-state index in [0.29, 0.717) is 17.9 Å². The third-order valence-electron chi connectivity index (χ3n) is 6.13. The normalized spacial score (nSPS) is 30.8. The fraction of sp³-hybridized carbons (Fsp3) is 0.700. The van der Waals surface area contributed by atoms with Crippen molar-refractivity contribution in [1.29, 1.82) is 0 Å². The lowest BCUT2D eigenvalue weighted by atomic mass is 9.83. The van der Waals surface area contributed by atoms with Gasteiger partial charge in [-0.1, -0.05) is 50.6 Å². The van der Waals surface area contributed by atoms with Gasteiger partial charge in [0, 0.05) is 12.6 Å². The number of rotatable bonds is 6. The summed E-state index contributed by atoms with van der Waals surface area (Å²) in [4.78, 5) is 0. The molecule has 3 rings (SSSR count). The van der Waals surface area contributed by atoms with Crippen LogP contribution in [0.1, 0.15) is 57.9 Å². The molecule has 21 heavy (non-hydrogen) atoms. The van der Waals surface area contributed by atoms with Crippen LogP contribution in [-0.2, 0) is 0 Å². The van der Waals surface area contributed by atoms with E-state index >= 15 is 0 Å². The minimum atomic E-state index is 0.632. The van der Waals surface area contributed by atoms with Crippen LogP contribution in [0.2, 0.25) is 0 Å². The van der Waals surface area contributed by atoms with Gasteiger partial charge in [0.15, 0.2) is 0 Å². The highest BCUT2D eigenvalue weighted by molar-refractivity contribution is 5.20. The molecule has 2 bridgehead atoms. The number of hydrogen-bond donors (Lipinski definition) is 1. The molecule has 0 aromatic heterocycles. The summed E-state index contributed by atoms with van der Waals surface area (Å²) in [7, 11) is 0. The molecule has 1 heteroatoms. The summed E-state index contributed by atoms with van der Waals surface area (Å²) in [5.41, 5.74) is 1.49. The Morgan fingerprint density at radius 1 is 1.05 bits per heavy atom. The summed E-state index contributed by atoms with van der Waals surface area (Å²) in [6, 6.07) is 11.7. The van der Waals surface area contributed by atoms with E-state index < -0.39 is 0 Å². The van der Waals surface area contributed by atoms with Gasteiger partial charge in [-0.15, -0.1) is 0 Å². The Bertz CT molecular complexity index is 438. The third kappa shape index (κ3) is 3.34. The molecule has 2 fully saturated rings. The molecular weight excluding hydrogens is 254 g/mol. The van der Waals surface area contributed by atoms with Gasteiger partial charge in [-0.3, -0.25) is 0 Å². The quantitative estimate of drug-likeness (QED) is 0.788. The first-order valence-corrected chi connectivity index (χ1v) is 8.93. The van der Waals surface area contributed by atoms with E-state index in [0.717, 1.165) is 24.3 Å². The molecule has 0 amide bonds. The van der Waals surface area contributed by atoms with E-state index in [1.54, 1.807) is 0 Å². The van der Waals surface area contributed by atoms with Gasteiger partial charge < -0.3 is 5.32 Å². The predicted octanol–water partition coefficient (Wildman–Crippen LogP) is 4.84. The highest BCUT2D eigenvalue weighted by atomic mass is 14.9. The molecule has 0 spiro atoms. The lowest BCUT2D eigenvalue weighted by molar-refractivity contribution is 0.253. The van der Waals surface area contributed by atoms with Crippen molar-refractivity contribution < 1.29 is 0 Å². The zero-order valence-electron chi connectivity index (χ0n) is 13.9. The molecule has 1 nitrogen and oxygen atoms in total. The minimum absolute atomic E-state index is 0.632. The van der Waals surface area contributed by atoms with Gasteiger partial charge in [-0.2, -0.15) is 0 Å². The molecular formula is C20H31N. The molecule has 0 radical (unpaired) electrons. The number of fused-ring (bicyclic) bond motifs is 2. The van der Waals surface area contributed by atoms with E-state index in [1.165, 1.54) is 31.2 Å². The van der Waals surface area contributed by atoms with Crippen molar-refractivity contribution >= 4 is 0 Å². The molecule has 0 aliphatic heterocycles. The maximum atomic E-state index is 3.89. The van der Waals surface area contributed by atoms with Crippen LogP contribution in [0.4, 0.5) is 0 Å². The van der Waals surface area contributed by atoms with E-state index in [-0.39, 0.29) is 0 Å². The summed E-state index contributed by atoms with van der Waals surface area (Å²) < 4.78 is 0. The number of benzene rings is 1. The van der Waals surface area contributed by atoms with Crippen LogP contribution in [0.5, 0.6) is 0 Å². The molecule has 116 valence electrons. The summed E-state index contributed by atoms with van der Waals surface area (Å²) >= 11 is 0. The van der Waals surface area contributed by atoms with E-state index in [2.05, 4.69) is 56.4 Å². The Hall–Kier alpha value is -0.820. The van der Waals surface area contributed by atoms with Gasteiger partial charge in [0.2, 0.25) is 0 Å². The molecule has 1 aromatic carbocycles. The molecule has 2 saturated carbocycles. The van der Waals surface area contributed by atoms with Crippen LogP contribution in [-0.4, -0.2) is 12.6 Å². The second kappa shape index (κ2) is 6.52. The zero-order chi connectivity index (χ0) is 14.8. The van der Waals surface area contributed by atoms with Crippen molar-refractivity contribution in [2.75, 3.05) is 6.54 Å². The lowest BCUT2D eigenvalue weighted by Crippen LogP contribution is -2.39. The summed E-state index contributed by atoms with van der Waals surface area (Å²) in [5.74, 6) is 4.33. The molecule has 1 aromatic rings. The second-order valence-electron chi connectivity index (χ2n) is 7.80. The largest absolute Gasteiger partial charge is 0.313 e. The Labute approximate surface area is 130 Å². The first-order chi connectivity index (χ1) is 10.1. The molecule has 2 aliphatic rings. The second-order valence-corrected chi connectivity index (χ2v) is 7.80. The van der Waals surface area contributed by atoms with Crippen molar-refractivity contribution in [3.63, 3.8) is 0 Å². The molecule has 5 unspecified atom stereocenters. The van der Waals surface area contributed by atoms with Crippen LogP contribution in [0, 0.1) is 23.7 Å². The maximum absolute atomic E-state index is 3.89. The Balaban J connectivity index is 1.57. The first kappa shape index (κ1) is 15.1. The Kier molecular flexibility index (Phi) is 4.69. The third-order valence-corrected chi connectivity index (χ3v) is 6.13. The first-order valence-electron chi connectivity index (χ1n) is 8.93. The van der Waals surface area contributed by atoms with Crippen LogP contribution >= 0.6 is 0 Å². The predicted molar refractivity (Wildman–Crippen MR) is 90.4 cm³/mol. The van der Waals surface area contributed by atoms with Gasteiger partial charge in [-0.25, -0.2) is 0 Å². The highest BCUT2D eigenvalue weighted by Gasteiger charge is 2.41. The average Bonchev–Trinajstić information content (AvgIpc) is 3.11. The number of hydrogen-bond acceptors (Lipinski definition) is 1. The van der Waals surface area contributed by atoms with Crippen molar-refractivity contribution in [1.82, 2.24) is 5.32 Å². The van der Waals surface area contributed by atoms with Crippen molar-refractivity contribution in [2.45, 2.75) is 58.4 Å². The van der Waals surface area contributed by atoms with Gasteiger partial charge in [0.05, 0.1) is 0 Å². The SMILES string of the molecule is CC(C)C(CNC(C)C1CC2CCC1C2)c1ccccc1. The van der Waals surface area contributed by atoms with Crippen molar-refractivity contribution in [3.8, 4) is 0 Å². The molecule has 5 atom stereocenters. The maximum Gasteiger partial charge on any atom is 0.00699 e. The van der Waals surface area contributed by atoms with Gasteiger partial charge in [-0.05, 0) is 61.3 Å². The van der Waals surface area contributed by atoms with Crippen molar-refractivity contribution in [2.24, 2.45) is 23.7 Å². The molecule has 1 N–H and O–H groups in total. The zero-order valence-corrected chi connectivity index (χ0v) is 13.9. The monoisotopic (exact) mass is 285 g/mol. The minimum Gasteiger partial charge on any atom is -0.313 e. The van der Waals surface area contributed by atoms with Crippen molar-refractivity contribution in [3.05, 3.63) is 35.9 Å². The van der Waals surface area contributed by atoms with Crippen LogP contribution in [0.15, 0.2) is 30.3 Å². The average molecular weight is 285 g/mol. The van der Waals surface area contributed by atoms with Crippen LogP contribution in [0.25, 0.3) is 0 Å². The smallest absolute Gasteiger partial charge is 0.00699 e. The Morgan fingerprint density at radius 3 is 2.38 bits per heavy atom. The van der Waals surface area contributed by atoms with Gasteiger partial charge >= 0.3 is 0 Å². The fourth-order valence-electron chi connectivity index (χ4n) is 4.81. The highest BCUT2D eigenvalue weighted by Crippen LogP contribution is 2.49. The van der Waals surface area contributed by atoms with E-state index in [4.69, 9.17) is 0 Å². The molecule has 2 aliphatic carbocycles. The summed E-state index contributed by atoms with van der Waals surface area (Å²) in [6.07, 6.45) is 6.00.